The number of halogens is 1. The average Bonchev–Trinajstić information content (AvgIpc) is 2.66. The summed E-state index contributed by atoms with van der Waals surface area (Å²) in [4.78, 5) is 25.5. The van der Waals surface area contributed by atoms with Crippen molar-refractivity contribution in [2.75, 3.05) is 32.2 Å². The number of methoxy groups -OCH3 is 2. The van der Waals surface area contributed by atoms with Gasteiger partial charge in [0, 0.05) is 31.8 Å². The molecule has 0 fully saturated rings. The Bertz CT molecular complexity index is 810. The minimum Gasteiger partial charge on any atom is -0.493 e. The quantitative estimate of drug-likeness (QED) is 0.771. The number of hydrogen-bond acceptors (Lipinski definition) is 4. The molecule has 0 aliphatic rings. The Labute approximate surface area is 157 Å². The number of nitrogens with zero attached hydrogens (tertiary/aromatic N) is 1. The van der Waals surface area contributed by atoms with Crippen LogP contribution in [0.3, 0.4) is 0 Å². The second-order valence-electron chi connectivity index (χ2n) is 5.83. The van der Waals surface area contributed by atoms with Crippen molar-refractivity contribution in [2.24, 2.45) is 0 Å². The Morgan fingerprint density at radius 3 is 2.41 bits per heavy atom. The molecule has 27 heavy (non-hydrogen) atoms. The number of benzene rings is 2. The van der Waals surface area contributed by atoms with Crippen LogP contribution in [-0.4, -0.2) is 39.1 Å². The summed E-state index contributed by atoms with van der Waals surface area (Å²) in [6.45, 7) is 1.95. The third kappa shape index (κ3) is 5.44. The van der Waals surface area contributed by atoms with Gasteiger partial charge < -0.3 is 19.7 Å². The zero-order valence-electron chi connectivity index (χ0n) is 15.6. The molecular formula is C20H23FN2O4. The third-order valence-corrected chi connectivity index (χ3v) is 4.03. The molecule has 2 amide bonds. The molecule has 144 valence electrons. The Morgan fingerprint density at radius 1 is 1.07 bits per heavy atom. The van der Waals surface area contributed by atoms with Crippen LogP contribution in [0.1, 0.15) is 12.5 Å². The zero-order valence-corrected chi connectivity index (χ0v) is 15.6. The van der Waals surface area contributed by atoms with Crippen molar-refractivity contribution in [3.8, 4) is 11.5 Å². The minimum atomic E-state index is -0.414. The first kappa shape index (κ1) is 20.2. The van der Waals surface area contributed by atoms with Crippen LogP contribution in [0.15, 0.2) is 42.5 Å². The second-order valence-corrected chi connectivity index (χ2v) is 5.83. The van der Waals surface area contributed by atoms with E-state index in [-0.39, 0.29) is 31.3 Å². The Hall–Kier alpha value is -3.09. The topological polar surface area (TPSA) is 67.9 Å². The van der Waals surface area contributed by atoms with E-state index in [0.717, 1.165) is 0 Å². The molecule has 1 N–H and O–H groups in total. The molecule has 0 bridgehead atoms. The van der Waals surface area contributed by atoms with Gasteiger partial charge in [0.2, 0.25) is 11.8 Å². The number of rotatable bonds is 8. The van der Waals surface area contributed by atoms with Gasteiger partial charge in [-0.15, -0.1) is 0 Å². The largest absolute Gasteiger partial charge is 0.493 e. The maximum absolute atomic E-state index is 13.6. The Balaban J connectivity index is 1.98. The van der Waals surface area contributed by atoms with Gasteiger partial charge in [-0.1, -0.05) is 18.2 Å². The first-order chi connectivity index (χ1) is 13.0. The summed E-state index contributed by atoms with van der Waals surface area (Å²) in [5.41, 5.74) is 0.960. The highest BCUT2D eigenvalue weighted by atomic mass is 19.1. The first-order valence-corrected chi connectivity index (χ1v) is 8.46. The molecule has 0 aromatic heterocycles. The molecule has 0 atom stereocenters. The van der Waals surface area contributed by atoms with Gasteiger partial charge in [0.05, 0.1) is 20.6 Å². The molecule has 6 nitrogen and oxygen atoms in total. The molecule has 2 rings (SSSR count). The fourth-order valence-corrected chi connectivity index (χ4v) is 2.65. The highest BCUT2D eigenvalue weighted by Gasteiger charge is 2.15. The Kier molecular flexibility index (Phi) is 7.16. The van der Waals surface area contributed by atoms with Crippen LogP contribution in [0.4, 0.5) is 10.1 Å². The molecule has 0 saturated carbocycles. The normalized spacial score (nSPS) is 10.2. The van der Waals surface area contributed by atoms with E-state index in [4.69, 9.17) is 9.47 Å². The van der Waals surface area contributed by atoms with E-state index in [1.807, 2.05) is 0 Å². The van der Waals surface area contributed by atoms with Crippen molar-refractivity contribution in [2.45, 2.75) is 13.3 Å². The van der Waals surface area contributed by atoms with Crippen molar-refractivity contribution < 1.29 is 23.5 Å². The molecule has 0 heterocycles. The van der Waals surface area contributed by atoms with Crippen LogP contribution in [0.5, 0.6) is 11.5 Å². The standard InChI is InChI=1S/C20H23FN2O4/c1-14(24)23(16-8-9-18(26-2)19(13-16)27-3)11-10-22-20(25)12-15-6-4-5-7-17(15)21/h4-9,13H,10-12H2,1-3H3,(H,22,25). The van der Waals surface area contributed by atoms with Gasteiger partial charge in [0.25, 0.3) is 0 Å². The van der Waals surface area contributed by atoms with Crippen LogP contribution in [0.2, 0.25) is 0 Å². The number of carbonyl (C=O) groups is 2. The van der Waals surface area contributed by atoms with Gasteiger partial charge in [-0.25, -0.2) is 4.39 Å². The van der Waals surface area contributed by atoms with Gasteiger partial charge in [-0.05, 0) is 23.8 Å². The maximum Gasteiger partial charge on any atom is 0.224 e. The molecule has 0 saturated heterocycles. The van der Waals surface area contributed by atoms with E-state index in [2.05, 4.69) is 5.32 Å². The molecule has 0 aliphatic carbocycles. The highest BCUT2D eigenvalue weighted by molar-refractivity contribution is 5.92. The van der Waals surface area contributed by atoms with E-state index >= 15 is 0 Å². The minimum absolute atomic E-state index is 0.0525. The lowest BCUT2D eigenvalue weighted by atomic mass is 10.1. The van der Waals surface area contributed by atoms with Crippen molar-refractivity contribution in [1.82, 2.24) is 5.32 Å². The summed E-state index contributed by atoms with van der Waals surface area (Å²) >= 11 is 0. The summed E-state index contributed by atoms with van der Waals surface area (Å²) in [6, 6.07) is 11.3. The first-order valence-electron chi connectivity index (χ1n) is 8.46. The molecular weight excluding hydrogens is 351 g/mol. The van der Waals surface area contributed by atoms with Crippen LogP contribution < -0.4 is 19.7 Å². The smallest absolute Gasteiger partial charge is 0.224 e. The molecule has 0 unspecified atom stereocenters. The van der Waals surface area contributed by atoms with E-state index in [1.165, 1.54) is 32.1 Å². The monoisotopic (exact) mass is 374 g/mol. The van der Waals surface area contributed by atoms with Crippen molar-refractivity contribution in [3.63, 3.8) is 0 Å². The summed E-state index contributed by atoms with van der Waals surface area (Å²) in [5.74, 6) is 0.164. The molecule has 7 heteroatoms. The van der Waals surface area contributed by atoms with Gasteiger partial charge >= 0.3 is 0 Å². The third-order valence-electron chi connectivity index (χ3n) is 4.03. The van der Waals surface area contributed by atoms with Crippen LogP contribution >= 0.6 is 0 Å². The van der Waals surface area contributed by atoms with Gasteiger partial charge in [-0.3, -0.25) is 9.59 Å². The molecule has 0 radical (unpaired) electrons. The summed E-state index contributed by atoms with van der Waals surface area (Å²) < 4.78 is 24.1. The average molecular weight is 374 g/mol. The molecule has 0 spiro atoms. The van der Waals surface area contributed by atoms with E-state index in [0.29, 0.717) is 22.7 Å². The van der Waals surface area contributed by atoms with E-state index in [1.54, 1.807) is 36.4 Å². The summed E-state index contributed by atoms with van der Waals surface area (Å²) in [7, 11) is 3.05. The lowest BCUT2D eigenvalue weighted by Crippen LogP contribution is -2.38. The van der Waals surface area contributed by atoms with Crippen molar-refractivity contribution in [3.05, 3.63) is 53.8 Å². The lowest BCUT2D eigenvalue weighted by Gasteiger charge is -2.22. The predicted octanol–water partition coefficient (Wildman–Crippen LogP) is 2.55. The van der Waals surface area contributed by atoms with Crippen molar-refractivity contribution >= 4 is 17.5 Å². The summed E-state index contributed by atoms with van der Waals surface area (Å²) in [5, 5.41) is 2.71. The van der Waals surface area contributed by atoms with Crippen molar-refractivity contribution in [1.29, 1.82) is 0 Å². The second kappa shape index (κ2) is 9.56. The molecule has 0 aliphatic heterocycles. The van der Waals surface area contributed by atoms with Gasteiger partial charge in [-0.2, -0.15) is 0 Å². The van der Waals surface area contributed by atoms with E-state index < -0.39 is 5.82 Å². The highest BCUT2D eigenvalue weighted by Crippen LogP contribution is 2.31. The van der Waals surface area contributed by atoms with Crippen LogP contribution in [-0.2, 0) is 16.0 Å². The van der Waals surface area contributed by atoms with Gasteiger partial charge in [0.15, 0.2) is 11.5 Å². The fourth-order valence-electron chi connectivity index (χ4n) is 2.65. The fraction of sp³-hybridized carbons (Fsp3) is 0.300. The summed E-state index contributed by atoms with van der Waals surface area (Å²) in [6.07, 6.45) is -0.0525. The number of carbonyl (C=O) groups excluding carboxylic acids is 2. The SMILES string of the molecule is COc1ccc(N(CCNC(=O)Cc2ccccc2F)C(C)=O)cc1OC. The van der Waals surface area contributed by atoms with Gasteiger partial charge in [0.1, 0.15) is 5.82 Å². The van der Waals surface area contributed by atoms with E-state index in [9.17, 15) is 14.0 Å². The number of amides is 2. The number of ether oxygens (including phenoxy) is 2. The molecule has 2 aromatic carbocycles. The predicted molar refractivity (Wildman–Crippen MR) is 101 cm³/mol. The van der Waals surface area contributed by atoms with Crippen LogP contribution in [0, 0.1) is 5.82 Å². The number of anilines is 1. The lowest BCUT2D eigenvalue weighted by molar-refractivity contribution is -0.121. The number of nitrogens with one attached hydrogen (secondary N) is 1. The number of hydrogen-bond donors (Lipinski definition) is 1. The Morgan fingerprint density at radius 2 is 1.78 bits per heavy atom. The zero-order chi connectivity index (χ0) is 19.8. The molecule has 2 aromatic rings. The van der Waals surface area contributed by atoms with Crippen LogP contribution in [0.25, 0.3) is 0 Å². The maximum atomic E-state index is 13.6.